The molecule has 0 saturated carbocycles. The highest BCUT2D eigenvalue weighted by atomic mass is 16.2. The van der Waals surface area contributed by atoms with Crippen LogP contribution in [-0.2, 0) is 4.79 Å². The molecule has 2 N–H and O–H groups in total. The topological polar surface area (TPSA) is 67.9 Å². The van der Waals surface area contributed by atoms with E-state index in [2.05, 4.69) is 10.6 Å². The van der Waals surface area contributed by atoms with Crippen LogP contribution in [-0.4, -0.2) is 92.6 Å². The molecule has 0 aromatic heterocycles. The van der Waals surface area contributed by atoms with Crippen molar-refractivity contribution in [1.82, 2.24) is 25.3 Å². The number of nitrogens with one attached hydrogen (secondary N) is 2. The maximum Gasteiger partial charge on any atom is 0.317 e. The van der Waals surface area contributed by atoms with E-state index in [-0.39, 0.29) is 11.9 Å². The van der Waals surface area contributed by atoms with Crippen molar-refractivity contribution in [2.45, 2.75) is 0 Å². The summed E-state index contributed by atoms with van der Waals surface area (Å²) in [7, 11) is 1.92. The van der Waals surface area contributed by atoms with Gasteiger partial charge < -0.3 is 20.4 Å². The Morgan fingerprint density at radius 2 is 2.00 bits per heavy atom. The summed E-state index contributed by atoms with van der Waals surface area (Å²) >= 11 is 0. The predicted molar refractivity (Wildman–Crippen MR) is 71.9 cm³/mol. The number of rotatable bonds is 5. The third kappa shape index (κ3) is 4.07. The largest absolute Gasteiger partial charge is 0.339 e. The van der Waals surface area contributed by atoms with Crippen molar-refractivity contribution >= 4 is 11.9 Å². The molecule has 0 radical (unpaired) electrons. The number of likely N-dealkylation sites (N-methyl/N-ethyl adjacent to an activating group) is 1. The van der Waals surface area contributed by atoms with Crippen LogP contribution >= 0.6 is 0 Å². The number of piperazine rings is 1. The fraction of sp³-hybridized carbons (Fsp3) is 0.833. The average molecular weight is 269 g/mol. The van der Waals surface area contributed by atoms with Gasteiger partial charge in [-0.05, 0) is 7.05 Å². The number of nitrogens with zero attached hydrogens (tertiary/aromatic N) is 3. The molecule has 108 valence electrons. The molecule has 0 aromatic carbocycles. The monoisotopic (exact) mass is 269 g/mol. The van der Waals surface area contributed by atoms with Crippen molar-refractivity contribution in [3.63, 3.8) is 0 Å². The SMILES string of the molecule is CN(CCN1CCNC1=O)CC(=O)N1CCNCC1. The molecule has 2 rings (SSSR count). The van der Waals surface area contributed by atoms with Gasteiger partial charge in [0.2, 0.25) is 5.91 Å². The smallest absolute Gasteiger partial charge is 0.317 e. The van der Waals surface area contributed by atoms with Gasteiger partial charge in [0, 0.05) is 52.4 Å². The molecule has 0 bridgehead atoms. The number of carbonyl (C=O) groups is 2. The van der Waals surface area contributed by atoms with E-state index in [0.29, 0.717) is 13.1 Å². The minimum Gasteiger partial charge on any atom is -0.339 e. The zero-order valence-electron chi connectivity index (χ0n) is 11.5. The van der Waals surface area contributed by atoms with Crippen molar-refractivity contribution in [3.8, 4) is 0 Å². The third-order valence-electron chi connectivity index (χ3n) is 3.57. The number of hydrogen-bond donors (Lipinski definition) is 2. The summed E-state index contributed by atoms with van der Waals surface area (Å²) in [4.78, 5) is 29.1. The normalized spacial score (nSPS) is 20.0. The highest BCUT2D eigenvalue weighted by Crippen LogP contribution is 1.99. The second-order valence-electron chi connectivity index (χ2n) is 5.09. The second-order valence-corrected chi connectivity index (χ2v) is 5.09. The van der Waals surface area contributed by atoms with Gasteiger partial charge in [-0.25, -0.2) is 4.79 Å². The van der Waals surface area contributed by atoms with Gasteiger partial charge in [0.15, 0.2) is 0 Å². The van der Waals surface area contributed by atoms with Crippen LogP contribution in [0.5, 0.6) is 0 Å². The van der Waals surface area contributed by atoms with E-state index >= 15 is 0 Å². The molecule has 0 aromatic rings. The van der Waals surface area contributed by atoms with Gasteiger partial charge in [0.1, 0.15) is 0 Å². The number of hydrogen-bond acceptors (Lipinski definition) is 4. The molecule has 7 nitrogen and oxygen atoms in total. The summed E-state index contributed by atoms with van der Waals surface area (Å²) in [5, 5.41) is 6.00. The molecule has 3 amide bonds. The van der Waals surface area contributed by atoms with Crippen molar-refractivity contribution in [2.24, 2.45) is 0 Å². The molecule has 2 aliphatic heterocycles. The Bertz CT molecular complexity index is 330. The van der Waals surface area contributed by atoms with E-state index < -0.39 is 0 Å². The number of amides is 3. The Kier molecular flexibility index (Phi) is 4.98. The van der Waals surface area contributed by atoms with E-state index in [1.54, 1.807) is 4.90 Å². The first-order chi connectivity index (χ1) is 9.16. The van der Waals surface area contributed by atoms with E-state index in [4.69, 9.17) is 0 Å². The van der Waals surface area contributed by atoms with Gasteiger partial charge in [-0.1, -0.05) is 0 Å². The fourth-order valence-electron chi connectivity index (χ4n) is 2.34. The Morgan fingerprint density at radius 3 is 2.63 bits per heavy atom. The molecule has 2 fully saturated rings. The maximum absolute atomic E-state index is 12.0. The molecule has 0 aliphatic carbocycles. The van der Waals surface area contributed by atoms with Crippen LogP contribution in [0.4, 0.5) is 4.79 Å². The quantitative estimate of drug-likeness (QED) is 0.629. The van der Waals surface area contributed by atoms with Crippen LogP contribution in [0.2, 0.25) is 0 Å². The molecule has 19 heavy (non-hydrogen) atoms. The lowest BCUT2D eigenvalue weighted by molar-refractivity contribution is -0.132. The van der Waals surface area contributed by atoms with Gasteiger partial charge in [0.05, 0.1) is 6.54 Å². The molecular formula is C12H23N5O2. The highest BCUT2D eigenvalue weighted by Gasteiger charge is 2.21. The summed E-state index contributed by atoms with van der Waals surface area (Å²) in [6.07, 6.45) is 0. The van der Waals surface area contributed by atoms with Gasteiger partial charge in [-0.3, -0.25) is 9.69 Å². The summed E-state index contributed by atoms with van der Waals surface area (Å²) in [5.74, 6) is 0.176. The minimum absolute atomic E-state index is 0.00170. The lowest BCUT2D eigenvalue weighted by atomic mass is 10.3. The molecule has 2 saturated heterocycles. The molecule has 2 aliphatic rings. The first kappa shape index (κ1) is 14.1. The van der Waals surface area contributed by atoms with E-state index in [1.807, 2.05) is 16.8 Å². The summed E-state index contributed by atoms with van der Waals surface area (Å²) in [5.41, 5.74) is 0. The van der Waals surface area contributed by atoms with E-state index in [1.165, 1.54) is 0 Å². The van der Waals surface area contributed by atoms with Gasteiger partial charge in [-0.15, -0.1) is 0 Å². The lowest BCUT2D eigenvalue weighted by Crippen LogP contribution is -2.49. The van der Waals surface area contributed by atoms with Gasteiger partial charge in [0.25, 0.3) is 0 Å². The number of urea groups is 1. The maximum atomic E-state index is 12.0. The Hall–Kier alpha value is -1.34. The van der Waals surface area contributed by atoms with E-state index in [0.717, 1.165) is 45.8 Å². The van der Waals surface area contributed by atoms with Crippen molar-refractivity contribution in [2.75, 3.05) is 66.0 Å². The van der Waals surface area contributed by atoms with Crippen LogP contribution in [0.3, 0.4) is 0 Å². The average Bonchev–Trinajstić information content (AvgIpc) is 2.83. The van der Waals surface area contributed by atoms with Crippen LogP contribution in [0.25, 0.3) is 0 Å². The summed E-state index contributed by atoms with van der Waals surface area (Å²) in [6.45, 7) is 6.66. The van der Waals surface area contributed by atoms with Crippen LogP contribution in [0.1, 0.15) is 0 Å². The van der Waals surface area contributed by atoms with Crippen molar-refractivity contribution in [3.05, 3.63) is 0 Å². The van der Waals surface area contributed by atoms with E-state index in [9.17, 15) is 9.59 Å². The first-order valence-electron chi connectivity index (χ1n) is 6.86. The predicted octanol–water partition coefficient (Wildman–Crippen LogP) is -1.62. The van der Waals surface area contributed by atoms with Gasteiger partial charge >= 0.3 is 6.03 Å². The molecular weight excluding hydrogens is 246 g/mol. The van der Waals surface area contributed by atoms with Crippen LogP contribution < -0.4 is 10.6 Å². The Balaban J connectivity index is 1.66. The molecule has 0 spiro atoms. The lowest BCUT2D eigenvalue weighted by Gasteiger charge is -2.29. The molecule has 2 heterocycles. The number of carbonyl (C=O) groups excluding carboxylic acids is 2. The minimum atomic E-state index is 0.00170. The summed E-state index contributed by atoms with van der Waals surface area (Å²) in [6, 6.07) is 0.00170. The van der Waals surface area contributed by atoms with Crippen molar-refractivity contribution in [1.29, 1.82) is 0 Å². The standard InChI is InChI=1S/C12H23N5O2/c1-15(8-9-17-7-4-14-12(17)19)10-11(18)16-5-2-13-3-6-16/h13H,2-10H2,1H3,(H,14,19). The van der Waals surface area contributed by atoms with Crippen molar-refractivity contribution < 1.29 is 9.59 Å². The molecule has 0 unspecified atom stereocenters. The Labute approximate surface area is 113 Å². The highest BCUT2D eigenvalue weighted by molar-refractivity contribution is 5.78. The van der Waals surface area contributed by atoms with Crippen LogP contribution in [0, 0.1) is 0 Å². The zero-order valence-corrected chi connectivity index (χ0v) is 11.5. The third-order valence-corrected chi connectivity index (χ3v) is 3.57. The molecule has 0 atom stereocenters. The second kappa shape index (κ2) is 6.72. The first-order valence-corrected chi connectivity index (χ1v) is 6.86. The summed E-state index contributed by atoms with van der Waals surface area (Å²) < 4.78 is 0. The van der Waals surface area contributed by atoms with Crippen LogP contribution in [0.15, 0.2) is 0 Å². The zero-order chi connectivity index (χ0) is 13.7. The Morgan fingerprint density at radius 1 is 1.26 bits per heavy atom. The molecule has 7 heteroatoms. The van der Waals surface area contributed by atoms with Gasteiger partial charge in [-0.2, -0.15) is 0 Å². The fourth-order valence-corrected chi connectivity index (χ4v) is 2.34.